The Morgan fingerprint density at radius 3 is 2.30 bits per heavy atom. The van der Waals surface area contributed by atoms with Crippen LogP contribution in [0.15, 0.2) is 12.1 Å². The van der Waals surface area contributed by atoms with Crippen LogP contribution in [0.5, 0.6) is 11.5 Å². The van der Waals surface area contributed by atoms with E-state index in [9.17, 15) is 0 Å². The maximum absolute atomic E-state index is 9.06. The SMILES string of the molecule is Cc1cc(I)c(O)cc1O. The molecule has 10 heavy (non-hydrogen) atoms. The molecule has 3 heteroatoms. The number of benzene rings is 1. The van der Waals surface area contributed by atoms with Gasteiger partial charge in [-0.2, -0.15) is 0 Å². The number of halogens is 1. The second-order valence-corrected chi connectivity index (χ2v) is 3.25. The monoisotopic (exact) mass is 250 g/mol. The van der Waals surface area contributed by atoms with Gasteiger partial charge in [-0.1, -0.05) is 0 Å². The highest BCUT2D eigenvalue weighted by Gasteiger charge is 2.01. The summed E-state index contributed by atoms with van der Waals surface area (Å²) in [6.45, 7) is 1.79. The quantitative estimate of drug-likeness (QED) is 0.691. The van der Waals surface area contributed by atoms with Gasteiger partial charge < -0.3 is 10.2 Å². The summed E-state index contributed by atoms with van der Waals surface area (Å²) >= 11 is 2.01. The number of aryl methyl sites for hydroxylation is 1. The third-order valence-electron chi connectivity index (χ3n) is 1.27. The van der Waals surface area contributed by atoms with Crippen molar-refractivity contribution >= 4 is 22.6 Å². The first-order valence-electron chi connectivity index (χ1n) is 2.79. The lowest BCUT2D eigenvalue weighted by molar-refractivity contribution is 0.445. The van der Waals surface area contributed by atoms with Gasteiger partial charge in [-0.15, -0.1) is 0 Å². The lowest BCUT2D eigenvalue weighted by Crippen LogP contribution is -1.77. The van der Waals surface area contributed by atoms with Crippen molar-refractivity contribution in [1.29, 1.82) is 0 Å². The van der Waals surface area contributed by atoms with Gasteiger partial charge in [0.1, 0.15) is 11.5 Å². The molecule has 0 aliphatic carbocycles. The van der Waals surface area contributed by atoms with Crippen molar-refractivity contribution in [1.82, 2.24) is 0 Å². The van der Waals surface area contributed by atoms with Gasteiger partial charge in [0.2, 0.25) is 0 Å². The molecule has 0 saturated heterocycles. The Balaban J connectivity index is 3.28. The van der Waals surface area contributed by atoms with Crippen molar-refractivity contribution in [3.63, 3.8) is 0 Å². The Kier molecular flexibility index (Phi) is 2.03. The Hall–Kier alpha value is -0.450. The van der Waals surface area contributed by atoms with Gasteiger partial charge >= 0.3 is 0 Å². The van der Waals surface area contributed by atoms with E-state index >= 15 is 0 Å². The standard InChI is InChI=1S/C7H7IO2/c1-4-2-5(8)7(10)3-6(4)9/h2-3,9-10H,1H3. The van der Waals surface area contributed by atoms with Gasteiger partial charge in [0.05, 0.1) is 3.57 Å². The fourth-order valence-electron chi connectivity index (χ4n) is 0.650. The second kappa shape index (κ2) is 2.65. The summed E-state index contributed by atoms with van der Waals surface area (Å²) in [5.74, 6) is 0.265. The van der Waals surface area contributed by atoms with Crippen LogP contribution in [0.2, 0.25) is 0 Å². The van der Waals surface area contributed by atoms with Gasteiger partial charge in [-0.25, -0.2) is 0 Å². The summed E-state index contributed by atoms with van der Waals surface area (Å²) < 4.78 is 0.757. The highest BCUT2D eigenvalue weighted by atomic mass is 127. The Labute approximate surface area is 72.6 Å². The molecule has 0 atom stereocenters. The fraction of sp³-hybridized carbons (Fsp3) is 0.143. The van der Waals surface area contributed by atoms with E-state index in [4.69, 9.17) is 10.2 Å². The van der Waals surface area contributed by atoms with Crippen LogP contribution in [0, 0.1) is 10.5 Å². The molecule has 0 radical (unpaired) electrons. The molecule has 0 fully saturated rings. The van der Waals surface area contributed by atoms with Crippen molar-refractivity contribution in [2.24, 2.45) is 0 Å². The van der Waals surface area contributed by atoms with Crippen LogP contribution in [0.3, 0.4) is 0 Å². The molecule has 0 heterocycles. The molecule has 0 bridgehead atoms. The lowest BCUT2D eigenvalue weighted by Gasteiger charge is -2.00. The van der Waals surface area contributed by atoms with Crippen molar-refractivity contribution in [2.45, 2.75) is 6.92 Å². The van der Waals surface area contributed by atoms with E-state index in [0.717, 1.165) is 9.13 Å². The minimum Gasteiger partial charge on any atom is -0.508 e. The fourth-order valence-corrected chi connectivity index (χ4v) is 1.27. The van der Waals surface area contributed by atoms with Crippen molar-refractivity contribution in [3.8, 4) is 11.5 Å². The summed E-state index contributed by atoms with van der Waals surface area (Å²) in [5.41, 5.74) is 0.780. The number of phenols is 2. The minimum atomic E-state index is 0.128. The molecule has 0 aromatic heterocycles. The average Bonchev–Trinajstić information content (AvgIpc) is 1.84. The van der Waals surface area contributed by atoms with Gasteiger partial charge in [0.25, 0.3) is 0 Å². The number of hydrogen-bond acceptors (Lipinski definition) is 2. The van der Waals surface area contributed by atoms with Crippen LogP contribution in [-0.4, -0.2) is 10.2 Å². The summed E-state index contributed by atoms with van der Waals surface area (Å²) in [6.07, 6.45) is 0. The van der Waals surface area contributed by atoms with Crippen LogP contribution in [-0.2, 0) is 0 Å². The van der Waals surface area contributed by atoms with Gasteiger partial charge in [-0.05, 0) is 41.1 Å². The number of hydrogen-bond donors (Lipinski definition) is 2. The zero-order chi connectivity index (χ0) is 7.72. The van der Waals surface area contributed by atoms with E-state index in [1.165, 1.54) is 6.07 Å². The predicted octanol–water partition coefficient (Wildman–Crippen LogP) is 2.01. The van der Waals surface area contributed by atoms with E-state index in [0.29, 0.717) is 0 Å². The first-order chi connectivity index (χ1) is 4.61. The maximum Gasteiger partial charge on any atom is 0.132 e. The number of aromatic hydroxyl groups is 2. The van der Waals surface area contributed by atoms with Crippen LogP contribution in [0.4, 0.5) is 0 Å². The molecule has 0 amide bonds. The molecule has 0 aliphatic heterocycles. The molecule has 1 rings (SSSR count). The van der Waals surface area contributed by atoms with E-state index in [1.54, 1.807) is 13.0 Å². The van der Waals surface area contributed by atoms with Crippen LogP contribution in [0.1, 0.15) is 5.56 Å². The average molecular weight is 250 g/mol. The summed E-state index contributed by atoms with van der Waals surface area (Å²) in [6, 6.07) is 3.07. The third-order valence-corrected chi connectivity index (χ3v) is 2.13. The molecule has 0 saturated carbocycles. The van der Waals surface area contributed by atoms with Gasteiger partial charge in [0, 0.05) is 6.07 Å². The first-order valence-corrected chi connectivity index (χ1v) is 3.87. The van der Waals surface area contributed by atoms with E-state index < -0.39 is 0 Å². The Morgan fingerprint density at radius 2 is 1.80 bits per heavy atom. The molecule has 1 aromatic carbocycles. The molecule has 2 N–H and O–H groups in total. The van der Waals surface area contributed by atoms with Crippen molar-refractivity contribution in [3.05, 3.63) is 21.3 Å². The predicted molar refractivity (Wildman–Crippen MR) is 47.2 cm³/mol. The van der Waals surface area contributed by atoms with E-state index in [-0.39, 0.29) is 11.5 Å². The highest BCUT2D eigenvalue weighted by Crippen LogP contribution is 2.27. The van der Waals surface area contributed by atoms with Crippen molar-refractivity contribution in [2.75, 3.05) is 0 Å². The third kappa shape index (κ3) is 1.34. The molecule has 1 aromatic rings. The first kappa shape index (κ1) is 7.65. The largest absolute Gasteiger partial charge is 0.508 e. The number of phenolic OH excluding ortho intramolecular Hbond substituents is 2. The Bertz CT molecular complexity index is 208. The molecule has 0 unspecified atom stereocenters. The molecular formula is C7H7IO2. The number of rotatable bonds is 0. The molecule has 54 valence electrons. The zero-order valence-corrected chi connectivity index (χ0v) is 7.58. The van der Waals surface area contributed by atoms with E-state index in [2.05, 4.69) is 0 Å². The Morgan fingerprint density at radius 1 is 1.20 bits per heavy atom. The van der Waals surface area contributed by atoms with Crippen LogP contribution >= 0.6 is 22.6 Å². The molecule has 0 spiro atoms. The smallest absolute Gasteiger partial charge is 0.132 e. The summed E-state index contributed by atoms with van der Waals surface area (Å²) in [4.78, 5) is 0. The van der Waals surface area contributed by atoms with Crippen LogP contribution < -0.4 is 0 Å². The molecular weight excluding hydrogens is 243 g/mol. The second-order valence-electron chi connectivity index (χ2n) is 2.09. The topological polar surface area (TPSA) is 40.5 Å². The normalized spacial score (nSPS) is 9.80. The zero-order valence-electron chi connectivity index (χ0n) is 5.43. The van der Waals surface area contributed by atoms with Crippen LogP contribution in [0.25, 0.3) is 0 Å². The molecule has 2 nitrogen and oxygen atoms in total. The minimum absolute atomic E-state index is 0.128. The lowest BCUT2D eigenvalue weighted by atomic mass is 10.2. The van der Waals surface area contributed by atoms with Gasteiger partial charge in [0.15, 0.2) is 0 Å². The highest BCUT2D eigenvalue weighted by molar-refractivity contribution is 14.1. The summed E-state index contributed by atoms with van der Waals surface area (Å²) in [5, 5.41) is 18.1. The van der Waals surface area contributed by atoms with Crippen molar-refractivity contribution < 1.29 is 10.2 Å². The van der Waals surface area contributed by atoms with E-state index in [1.807, 2.05) is 22.6 Å². The molecule has 0 aliphatic rings. The maximum atomic E-state index is 9.06. The van der Waals surface area contributed by atoms with Gasteiger partial charge in [-0.3, -0.25) is 0 Å². The summed E-state index contributed by atoms with van der Waals surface area (Å²) in [7, 11) is 0.